The highest BCUT2D eigenvalue weighted by Gasteiger charge is 2.38. The van der Waals surface area contributed by atoms with E-state index < -0.39 is 0 Å². The molecule has 1 aliphatic heterocycles. The van der Waals surface area contributed by atoms with Gasteiger partial charge in [0.15, 0.2) is 0 Å². The molecule has 0 radical (unpaired) electrons. The lowest BCUT2D eigenvalue weighted by molar-refractivity contribution is -0.0276. The van der Waals surface area contributed by atoms with Crippen LogP contribution >= 0.6 is 0 Å². The normalized spacial score (nSPS) is 29.2. The van der Waals surface area contributed by atoms with E-state index in [0.29, 0.717) is 11.5 Å². The highest BCUT2D eigenvalue weighted by atomic mass is 16.5. The maximum Gasteiger partial charge on any atom is 0.0546 e. The van der Waals surface area contributed by atoms with Gasteiger partial charge in [0.2, 0.25) is 0 Å². The van der Waals surface area contributed by atoms with Crippen LogP contribution in [0.4, 0.5) is 0 Å². The minimum atomic E-state index is 0.348. The Kier molecular flexibility index (Phi) is 5.05. The Morgan fingerprint density at radius 1 is 1.39 bits per heavy atom. The SMILES string of the molecule is CCN(CC1(CNC(C)C)CCCOC1)C1CC1. The van der Waals surface area contributed by atoms with Crippen LogP contribution in [-0.4, -0.2) is 49.8 Å². The summed E-state index contributed by atoms with van der Waals surface area (Å²) >= 11 is 0. The fourth-order valence-electron chi connectivity index (χ4n) is 3.02. The van der Waals surface area contributed by atoms with Gasteiger partial charge in [-0.15, -0.1) is 0 Å². The van der Waals surface area contributed by atoms with E-state index >= 15 is 0 Å². The molecular weight excluding hydrogens is 224 g/mol. The van der Waals surface area contributed by atoms with E-state index in [1.54, 1.807) is 0 Å². The highest BCUT2D eigenvalue weighted by molar-refractivity contribution is 4.92. The van der Waals surface area contributed by atoms with Gasteiger partial charge in [0.25, 0.3) is 0 Å². The van der Waals surface area contributed by atoms with Crippen molar-refractivity contribution < 1.29 is 4.74 Å². The fraction of sp³-hybridized carbons (Fsp3) is 1.00. The van der Waals surface area contributed by atoms with Crippen LogP contribution in [-0.2, 0) is 4.74 Å². The van der Waals surface area contributed by atoms with Gasteiger partial charge < -0.3 is 10.1 Å². The summed E-state index contributed by atoms with van der Waals surface area (Å²) in [5, 5.41) is 3.64. The molecule has 0 aromatic rings. The fourth-order valence-corrected chi connectivity index (χ4v) is 3.02. The van der Waals surface area contributed by atoms with Crippen molar-refractivity contribution in [2.45, 2.75) is 58.5 Å². The van der Waals surface area contributed by atoms with Crippen molar-refractivity contribution in [1.29, 1.82) is 0 Å². The van der Waals surface area contributed by atoms with Crippen molar-refractivity contribution in [2.24, 2.45) is 5.41 Å². The van der Waals surface area contributed by atoms with E-state index in [1.807, 2.05) is 0 Å². The first-order valence-electron chi connectivity index (χ1n) is 7.70. The van der Waals surface area contributed by atoms with Crippen LogP contribution in [0.3, 0.4) is 0 Å². The van der Waals surface area contributed by atoms with Crippen molar-refractivity contribution in [3.8, 4) is 0 Å². The Bertz CT molecular complexity index is 245. The molecule has 0 spiro atoms. The minimum Gasteiger partial charge on any atom is -0.381 e. The molecule has 2 fully saturated rings. The van der Waals surface area contributed by atoms with E-state index in [-0.39, 0.29) is 0 Å². The summed E-state index contributed by atoms with van der Waals surface area (Å²) in [5.74, 6) is 0. The molecule has 0 aromatic heterocycles. The summed E-state index contributed by atoms with van der Waals surface area (Å²) in [5.41, 5.74) is 0.348. The first-order chi connectivity index (χ1) is 8.65. The van der Waals surface area contributed by atoms with Crippen LogP contribution in [0.2, 0.25) is 0 Å². The number of ether oxygens (including phenoxy) is 1. The molecule has 1 saturated carbocycles. The average molecular weight is 254 g/mol. The number of rotatable bonds is 7. The summed E-state index contributed by atoms with van der Waals surface area (Å²) in [4.78, 5) is 2.68. The molecule has 2 rings (SSSR count). The van der Waals surface area contributed by atoms with Gasteiger partial charge in [-0.05, 0) is 32.2 Å². The molecule has 3 nitrogen and oxygen atoms in total. The molecule has 0 aromatic carbocycles. The third-order valence-corrected chi connectivity index (χ3v) is 4.30. The number of nitrogens with zero attached hydrogens (tertiary/aromatic N) is 1. The van der Waals surface area contributed by atoms with Crippen molar-refractivity contribution in [3.63, 3.8) is 0 Å². The van der Waals surface area contributed by atoms with Crippen LogP contribution in [0.15, 0.2) is 0 Å². The molecule has 1 saturated heterocycles. The average Bonchev–Trinajstić information content (AvgIpc) is 3.19. The number of nitrogens with one attached hydrogen (secondary N) is 1. The van der Waals surface area contributed by atoms with Gasteiger partial charge in [-0.3, -0.25) is 4.90 Å². The molecule has 3 heteroatoms. The lowest BCUT2D eigenvalue weighted by Gasteiger charge is -2.41. The lowest BCUT2D eigenvalue weighted by Crippen LogP contribution is -2.50. The Balaban J connectivity index is 1.93. The molecule has 1 aliphatic carbocycles. The summed E-state index contributed by atoms with van der Waals surface area (Å²) in [6, 6.07) is 1.44. The summed E-state index contributed by atoms with van der Waals surface area (Å²) in [6.45, 7) is 12.2. The van der Waals surface area contributed by atoms with E-state index in [4.69, 9.17) is 4.74 Å². The second-order valence-corrected chi connectivity index (χ2v) is 6.49. The molecule has 18 heavy (non-hydrogen) atoms. The maximum absolute atomic E-state index is 5.80. The summed E-state index contributed by atoms with van der Waals surface area (Å²) in [7, 11) is 0. The Morgan fingerprint density at radius 3 is 2.67 bits per heavy atom. The van der Waals surface area contributed by atoms with Gasteiger partial charge >= 0.3 is 0 Å². The van der Waals surface area contributed by atoms with Crippen molar-refractivity contribution in [2.75, 3.05) is 32.8 Å². The monoisotopic (exact) mass is 254 g/mol. The van der Waals surface area contributed by atoms with E-state index in [0.717, 1.165) is 25.8 Å². The van der Waals surface area contributed by atoms with E-state index in [2.05, 4.69) is 31.0 Å². The molecule has 1 heterocycles. The predicted octanol–water partition coefficient (Wildman–Crippen LogP) is 2.27. The number of hydrogen-bond acceptors (Lipinski definition) is 3. The first kappa shape index (κ1) is 14.3. The van der Waals surface area contributed by atoms with Gasteiger partial charge in [-0.25, -0.2) is 0 Å². The smallest absolute Gasteiger partial charge is 0.0546 e. The quantitative estimate of drug-likeness (QED) is 0.754. The Labute approximate surface area is 112 Å². The predicted molar refractivity (Wildman–Crippen MR) is 75.9 cm³/mol. The molecular formula is C15H30N2O. The Hall–Kier alpha value is -0.120. The van der Waals surface area contributed by atoms with Crippen LogP contribution in [0, 0.1) is 5.41 Å². The van der Waals surface area contributed by atoms with Gasteiger partial charge in [-0.2, -0.15) is 0 Å². The second-order valence-electron chi connectivity index (χ2n) is 6.49. The number of hydrogen-bond donors (Lipinski definition) is 1. The van der Waals surface area contributed by atoms with Gasteiger partial charge in [0.1, 0.15) is 0 Å². The molecule has 1 unspecified atom stereocenters. The maximum atomic E-state index is 5.80. The molecule has 1 atom stereocenters. The van der Waals surface area contributed by atoms with Gasteiger partial charge in [-0.1, -0.05) is 20.8 Å². The summed E-state index contributed by atoms with van der Waals surface area (Å²) in [6.07, 6.45) is 5.35. The van der Waals surface area contributed by atoms with Crippen LogP contribution in [0.1, 0.15) is 46.5 Å². The van der Waals surface area contributed by atoms with Gasteiger partial charge in [0, 0.05) is 37.2 Å². The topological polar surface area (TPSA) is 24.5 Å². The van der Waals surface area contributed by atoms with Crippen molar-refractivity contribution >= 4 is 0 Å². The third kappa shape index (κ3) is 3.94. The molecule has 0 bridgehead atoms. The van der Waals surface area contributed by atoms with Crippen LogP contribution in [0.5, 0.6) is 0 Å². The standard InChI is InChI=1S/C15H30N2O/c1-4-17(14-6-7-14)11-15(10-16-13(2)3)8-5-9-18-12-15/h13-14,16H,4-12H2,1-3H3. The van der Waals surface area contributed by atoms with E-state index in [9.17, 15) is 0 Å². The van der Waals surface area contributed by atoms with Crippen molar-refractivity contribution in [1.82, 2.24) is 10.2 Å². The van der Waals surface area contributed by atoms with Crippen LogP contribution < -0.4 is 5.32 Å². The highest BCUT2D eigenvalue weighted by Crippen LogP contribution is 2.34. The zero-order valence-corrected chi connectivity index (χ0v) is 12.4. The summed E-state index contributed by atoms with van der Waals surface area (Å²) < 4.78 is 5.80. The van der Waals surface area contributed by atoms with Crippen LogP contribution in [0.25, 0.3) is 0 Å². The Morgan fingerprint density at radius 2 is 2.17 bits per heavy atom. The third-order valence-electron chi connectivity index (χ3n) is 4.30. The zero-order valence-electron chi connectivity index (χ0n) is 12.4. The second kappa shape index (κ2) is 6.36. The molecule has 0 amide bonds. The molecule has 1 N–H and O–H groups in total. The first-order valence-corrected chi connectivity index (χ1v) is 7.70. The van der Waals surface area contributed by atoms with Gasteiger partial charge in [0.05, 0.1) is 6.61 Å². The lowest BCUT2D eigenvalue weighted by atomic mass is 9.81. The molecule has 106 valence electrons. The van der Waals surface area contributed by atoms with E-state index in [1.165, 1.54) is 38.8 Å². The van der Waals surface area contributed by atoms with Crippen molar-refractivity contribution in [3.05, 3.63) is 0 Å². The zero-order chi connectivity index (χ0) is 13.0. The molecule has 2 aliphatic rings. The minimum absolute atomic E-state index is 0.348. The largest absolute Gasteiger partial charge is 0.381 e.